The third-order valence-corrected chi connectivity index (χ3v) is 6.46. The number of carbonyl (C=O) groups is 1. The van der Waals surface area contributed by atoms with E-state index in [2.05, 4.69) is 47.4 Å². The monoisotopic (exact) mass is 381 g/mol. The number of fused-ring (bicyclic) bond motifs is 1. The van der Waals surface area contributed by atoms with E-state index < -0.39 is 5.97 Å². The summed E-state index contributed by atoms with van der Waals surface area (Å²) in [5.41, 5.74) is 1.15. The smallest absolute Gasteiger partial charge is 0.307 e. The van der Waals surface area contributed by atoms with Crippen LogP contribution in [0.3, 0.4) is 0 Å². The highest BCUT2D eigenvalue weighted by molar-refractivity contribution is 7.19. The number of carboxylic acid groups (broad SMARTS) is 1. The molecule has 0 aliphatic carbocycles. The zero-order chi connectivity index (χ0) is 18.8. The average molecular weight is 381 g/mol. The lowest BCUT2D eigenvalue weighted by molar-refractivity contribution is -0.143. The lowest BCUT2D eigenvalue weighted by Gasteiger charge is -2.37. The number of likely N-dealkylation sites (tertiary alicyclic amines) is 1. The van der Waals surface area contributed by atoms with Crippen LogP contribution in [0.15, 0.2) is 54.6 Å². The van der Waals surface area contributed by atoms with Crippen LogP contribution in [0.1, 0.15) is 29.3 Å². The summed E-state index contributed by atoms with van der Waals surface area (Å²) in [6.07, 6.45) is 1.66. The second-order valence-corrected chi connectivity index (χ2v) is 8.15. The highest BCUT2D eigenvalue weighted by atomic mass is 32.1. The molecule has 0 amide bonds. The summed E-state index contributed by atoms with van der Waals surface area (Å²) in [7, 11) is 1.68. The molecule has 0 bridgehead atoms. The van der Waals surface area contributed by atoms with Crippen molar-refractivity contribution in [2.24, 2.45) is 5.92 Å². The van der Waals surface area contributed by atoms with E-state index in [1.165, 1.54) is 15.0 Å². The number of ether oxygens (including phenoxy) is 1. The lowest BCUT2D eigenvalue weighted by Crippen LogP contribution is -2.41. The molecule has 2 heterocycles. The molecule has 140 valence electrons. The topological polar surface area (TPSA) is 49.8 Å². The molecule has 4 rings (SSSR count). The van der Waals surface area contributed by atoms with E-state index in [-0.39, 0.29) is 12.0 Å². The number of carboxylic acids is 1. The van der Waals surface area contributed by atoms with Crippen molar-refractivity contribution in [2.45, 2.75) is 18.9 Å². The molecular formula is C22H23NO3S. The average Bonchev–Trinajstić information content (AvgIpc) is 3.12. The van der Waals surface area contributed by atoms with Crippen LogP contribution in [0.5, 0.6) is 5.75 Å². The molecular weight excluding hydrogens is 358 g/mol. The van der Waals surface area contributed by atoms with Crippen LogP contribution in [0.4, 0.5) is 0 Å². The number of methoxy groups -OCH3 is 1. The molecule has 0 saturated carbocycles. The van der Waals surface area contributed by atoms with Crippen molar-refractivity contribution >= 4 is 27.4 Å². The molecule has 5 heteroatoms. The maximum absolute atomic E-state index is 11.6. The van der Waals surface area contributed by atoms with E-state index in [4.69, 9.17) is 4.74 Å². The number of rotatable bonds is 5. The fraction of sp³-hybridized carbons (Fsp3) is 0.318. The van der Waals surface area contributed by atoms with E-state index in [0.717, 1.165) is 30.7 Å². The van der Waals surface area contributed by atoms with E-state index in [9.17, 15) is 9.90 Å². The fourth-order valence-corrected chi connectivity index (χ4v) is 5.17. The molecule has 3 aromatic rings. The Morgan fingerprint density at radius 1 is 1.22 bits per heavy atom. The van der Waals surface area contributed by atoms with Crippen molar-refractivity contribution in [3.8, 4) is 5.75 Å². The van der Waals surface area contributed by atoms with Crippen LogP contribution in [0.2, 0.25) is 0 Å². The normalized spacial score (nSPS) is 19.1. The van der Waals surface area contributed by atoms with Gasteiger partial charge in [0.1, 0.15) is 5.75 Å². The Morgan fingerprint density at radius 3 is 2.85 bits per heavy atom. The Labute approximate surface area is 163 Å². The number of hydrogen-bond donors (Lipinski definition) is 1. The zero-order valence-corrected chi connectivity index (χ0v) is 16.1. The minimum absolute atomic E-state index is 0.0413. The molecule has 1 aromatic heterocycles. The van der Waals surface area contributed by atoms with Gasteiger partial charge in [-0.25, -0.2) is 0 Å². The first-order valence-electron chi connectivity index (χ1n) is 9.25. The molecule has 2 unspecified atom stereocenters. The number of aliphatic carboxylic acids is 1. The van der Waals surface area contributed by atoms with Gasteiger partial charge in [0.2, 0.25) is 0 Å². The first kappa shape index (κ1) is 18.0. The Hall–Kier alpha value is -2.37. The van der Waals surface area contributed by atoms with Crippen molar-refractivity contribution < 1.29 is 14.6 Å². The van der Waals surface area contributed by atoms with Crippen LogP contribution in [-0.4, -0.2) is 36.2 Å². The van der Waals surface area contributed by atoms with Crippen molar-refractivity contribution in [1.29, 1.82) is 0 Å². The minimum atomic E-state index is -0.694. The predicted molar refractivity (Wildman–Crippen MR) is 109 cm³/mol. The van der Waals surface area contributed by atoms with Crippen molar-refractivity contribution in [3.05, 3.63) is 65.0 Å². The van der Waals surface area contributed by atoms with Gasteiger partial charge >= 0.3 is 5.97 Å². The van der Waals surface area contributed by atoms with E-state index >= 15 is 0 Å². The Kier molecular flexibility index (Phi) is 5.14. The quantitative estimate of drug-likeness (QED) is 0.690. The van der Waals surface area contributed by atoms with E-state index in [1.807, 2.05) is 12.1 Å². The molecule has 1 saturated heterocycles. The lowest BCUT2D eigenvalue weighted by atomic mass is 9.94. The highest BCUT2D eigenvalue weighted by Gasteiger charge is 2.32. The van der Waals surface area contributed by atoms with Crippen LogP contribution >= 0.6 is 11.3 Å². The van der Waals surface area contributed by atoms with Crippen molar-refractivity contribution in [3.63, 3.8) is 0 Å². The summed E-state index contributed by atoms with van der Waals surface area (Å²) in [5, 5.41) is 10.8. The standard InChI is InChI=1S/C22H23NO3S/c1-26-18-9-4-7-16(12-18)21(23-11-5-8-17(14-23)22(24)25)20-13-15-6-2-3-10-19(15)27-20/h2-4,6-7,9-10,12-13,17,21H,5,8,11,14H2,1H3,(H,24,25). The zero-order valence-electron chi connectivity index (χ0n) is 15.3. The van der Waals surface area contributed by atoms with Crippen LogP contribution in [-0.2, 0) is 4.79 Å². The Morgan fingerprint density at radius 2 is 2.07 bits per heavy atom. The third-order valence-electron chi connectivity index (χ3n) is 5.29. The van der Waals surface area contributed by atoms with Crippen LogP contribution in [0.25, 0.3) is 10.1 Å². The van der Waals surface area contributed by atoms with Gasteiger partial charge in [0.25, 0.3) is 0 Å². The summed E-state index contributed by atoms with van der Waals surface area (Å²) < 4.78 is 6.69. The van der Waals surface area contributed by atoms with Gasteiger partial charge in [-0.05, 0) is 54.6 Å². The van der Waals surface area contributed by atoms with Gasteiger partial charge < -0.3 is 9.84 Å². The van der Waals surface area contributed by atoms with Crippen LogP contribution in [0, 0.1) is 5.92 Å². The maximum atomic E-state index is 11.6. The third kappa shape index (κ3) is 3.70. The maximum Gasteiger partial charge on any atom is 0.307 e. The largest absolute Gasteiger partial charge is 0.497 e. The molecule has 2 atom stereocenters. The molecule has 1 aliphatic heterocycles. The Balaban J connectivity index is 1.77. The van der Waals surface area contributed by atoms with Gasteiger partial charge in [-0.15, -0.1) is 11.3 Å². The number of hydrogen-bond acceptors (Lipinski definition) is 4. The molecule has 0 radical (unpaired) electrons. The summed E-state index contributed by atoms with van der Waals surface area (Å²) in [6.45, 7) is 1.48. The summed E-state index contributed by atoms with van der Waals surface area (Å²) in [4.78, 5) is 15.2. The molecule has 4 nitrogen and oxygen atoms in total. The van der Waals surface area contributed by atoms with Gasteiger partial charge in [0, 0.05) is 16.1 Å². The molecule has 27 heavy (non-hydrogen) atoms. The van der Waals surface area contributed by atoms with Crippen LogP contribution < -0.4 is 4.74 Å². The fourth-order valence-electron chi connectivity index (χ4n) is 3.95. The molecule has 0 spiro atoms. The summed E-state index contributed by atoms with van der Waals surface area (Å²) >= 11 is 1.79. The second kappa shape index (κ2) is 7.71. The number of benzene rings is 2. The number of piperidine rings is 1. The van der Waals surface area contributed by atoms with Crippen molar-refractivity contribution in [1.82, 2.24) is 4.90 Å². The molecule has 2 aromatic carbocycles. The predicted octanol–water partition coefficient (Wildman–Crippen LogP) is 4.80. The van der Waals surface area contributed by atoms with E-state index in [1.54, 1.807) is 18.4 Å². The number of thiophene rings is 1. The number of nitrogens with zero attached hydrogens (tertiary/aromatic N) is 1. The van der Waals surface area contributed by atoms with Gasteiger partial charge in [0.05, 0.1) is 19.1 Å². The minimum Gasteiger partial charge on any atom is -0.497 e. The molecule has 1 fully saturated rings. The van der Waals surface area contributed by atoms with Gasteiger partial charge in [-0.2, -0.15) is 0 Å². The van der Waals surface area contributed by atoms with Crippen molar-refractivity contribution in [2.75, 3.05) is 20.2 Å². The Bertz CT molecular complexity index is 918. The van der Waals surface area contributed by atoms with Gasteiger partial charge in [-0.3, -0.25) is 9.69 Å². The first-order valence-corrected chi connectivity index (χ1v) is 10.1. The second-order valence-electron chi connectivity index (χ2n) is 7.04. The SMILES string of the molecule is COc1cccc(C(c2cc3ccccc3s2)N2CCCC(C(=O)O)C2)c1. The van der Waals surface area contributed by atoms with Gasteiger partial charge in [-0.1, -0.05) is 30.3 Å². The first-order chi connectivity index (χ1) is 13.2. The summed E-state index contributed by atoms with van der Waals surface area (Å²) in [5.74, 6) is -0.174. The highest BCUT2D eigenvalue weighted by Crippen LogP contribution is 2.39. The molecule has 1 aliphatic rings. The van der Waals surface area contributed by atoms with E-state index in [0.29, 0.717) is 6.54 Å². The molecule has 1 N–H and O–H groups in total. The van der Waals surface area contributed by atoms with Gasteiger partial charge in [0.15, 0.2) is 0 Å². The summed E-state index contributed by atoms with van der Waals surface area (Å²) in [6, 6.07) is 18.8.